The number of amidine groups is 1. The Morgan fingerprint density at radius 1 is 1.11 bits per heavy atom. The summed E-state index contributed by atoms with van der Waals surface area (Å²) in [4.78, 5) is 36.0. The summed E-state index contributed by atoms with van der Waals surface area (Å²) in [6.45, 7) is 7.87. The molecule has 3 aromatic carbocycles. The fourth-order valence-electron chi connectivity index (χ4n) is 4.76. The molecule has 47 heavy (non-hydrogen) atoms. The van der Waals surface area contributed by atoms with Crippen LogP contribution in [0, 0.1) is 6.92 Å². The quantitative estimate of drug-likeness (QED) is 0.196. The molecule has 1 fully saturated rings. The van der Waals surface area contributed by atoms with Crippen LogP contribution in [-0.4, -0.2) is 50.0 Å². The van der Waals surface area contributed by atoms with E-state index in [2.05, 4.69) is 54.9 Å². The lowest BCUT2D eigenvalue weighted by molar-refractivity contribution is -0.274. The summed E-state index contributed by atoms with van der Waals surface area (Å²) in [5.41, 5.74) is 4.75. The number of halogens is 4. The maximum absolute atomic E-state index is 13.0. The molecular weight excluding hydrogens is 697 g/mol. The summed E-state index contributed by atoms with van der Waals surface area (Å²) in [6.07, 6.45) is -1.46. The third kappa shape index (κ3) is 8.49. The van der Waals surface area contributed by atoms with Gasteiger partial charge in [0.25, 0.3) is 0 Å². The zero-order valence-corrected chi connectivity index (χ0v) is 28.2. The number of carbonyl (C=O) groups excluding carboxylic acids is 2. The zero-order chi connectivity index (χ0) is 33.9. The Labute approximate surface area is 282 Å². The van der Waals surface area contributed by atoms with Gasteiger partial charge in [-0.2, -0.15) is 4.99 Å². The number of nitrogens with zero attached hydrogens (tertiary/aromatic N) is 5. The molecule has 244 valence electrons. The molecule has 0 saturated carbocycles. The third-order valence-corrected chi connectivity index (χ3v) is 8.88. The van der Waals surface area contributed by atoms with Crippen LogP contribution in [0.25, 0.3) is 23.2 Å². The monoisotopic (exact) mass is 726 g/mol. The lowest BCUT2D eigenvalue weighted by Gasteiger charge is -2.22. The van der Waals surface area contributed by atoms with Crippen LogP contribution >= 0.6 is 27.7 Å². The van der Waals surface area contributed by atoms with E-state index in [1.165, 1.54) is 51.9 Å². The van der Waals surface area contributed by atoms with Gasteiger partial charge >= 0.3 is 12.4 Å². The molecule has 14 heteroatoms. The van der Waals surface area contributed by atoms with Gasteiger partial charge < -0.3 is 10.1 Å². The van der Waals surface area contributed by atoms with E-state index in [1.54, 1.807) is 6.92 Å². The number of carbonyl (C=O) groups is 2. The van der Waals surface area contributed by atoms with Crippen LogP contribution in [0.5, 0.6) is 5.75 Å². The highest BCUT2D eigenvalue weighted by molar-refractivity contribution is 9.11. The van der Waals surface area contributed by atoms with Gasteiger partial charge in [0, 0.05) is 10.0 Å². The highest BCUT2D eigenvalue weighted by Gasteiger charge is 2.33. The van der Waals surface area contributed by atoms with Gasteiger partial charge in [0.2, 0.25) is 5.91 Å². The van der Waals surface area contributed by atoms with Crippen molar-refractivity contribution in [1.82, 2.24) is 20.1 Å². The Balaban J connectivity index is 1.27. The number of aryl methyl sites for hydroxylation is 1. The molecule has 4 aromatic rings. The first-order valence-corrected chi connectivity index (χ1v) is 16.3. The third-order valence-electron chi connectivity index (χ3n) is 7.04. The number of benzene rings is 3. The van der Waals surface area contributed by atoms with Crippen molar-refractivity contribution in [2.24, 2.45) is 4.99 Å². The van der Waals surface area contributed by atoms with Gasteiger partial charge in [-0.3, -0.25) is 9.69 Å². The maximum atomic E-state index is 13.0. The van der Waals surface area contributed by atoms with Crippen molar-refractivity contribution in [2.45, 2.75) is 46.0 Å². The van der Waals surface area contributed by atoms with E-state index in [0.29, 0.717) is 26.7 Å². The van der Waals surface area contributed by atoms with Gasteiger partial charge in [0.1, 0.15) is 12.1 Å². The number of anilines is 1. The standard InChI is InChI=1S/C33H30BrF3N6O3S/c1-19(2)26-13-8-20(3)14-28(26)43-29(44)17-47-32(43)40-31(45)39-21(4)27(34)16-22-6-5-7-23(15-22)30-38-18-42(41-30)24-9-11-25(12-10-24)46-33(35,36)37/h5-16,18-19,21H,17H2,1-4H3,(H,39,45). The highest BCUT2D eigenvalue weighted by atomic mass is 79.9. The van der Waals surface area contributed by atoms with Crippen LogP contribution in [0.1, 0.15) is 43.4 Å². The fourth-order valence-corrected chi connectivity index (χ4v) is 6.00. The van der Waals surface area contributed by atoms with Gasteiger partial charge in [-0.25, -0.2) is 14.5 Å². The summed E-state index contributed by atoms with van der Waals surface area (Å²) in [7, 11) is 0. The van der Waals surface area contributed by atoms with Crippen LogP contribution in [0.15, 0.2) is 82.5 Å². The second-order valence-corrected chi connectivity index (χ2v) is 12.9. The first kappa shape index (κ1) is 33.9. The minimum Gasteiger partial charge on any atom is -0.406 e. The number of urea groups is 1. The molecule has 9 nitrogen and oxygen atoms in total. The summed E-state index contributed by atoms with van der Waals surface area (Å²) in [5.74, 6) is 0.320. The molecule has 0 radical (unpaired) electrons. The Hall–Kier alpha value is -4.43. The van der Waals surface area contributed by atoms with Crippen molar-refractivity contribution in [2.75, 3.05) is 10.7 Å². The van der Waals surface area contributed by atoms with Crippen LogP contribution in [0.3, 0.4) is 0 Å². The van der Waals surface area contributed by atoms with Crippen LogP contribution in [-0.2, 0) is 4.79 Å². The molecule has 1 N–H and O–H groups in total. The molecule has 1 aliphatic rings. The number of thioether (sulfide) groups is 1. The summed E-state index contributed by atoms with van der Waals surface area (Å²) in [6, 6.07) is 17.6. The number of alkyl halides is 3. The van der Waals surface area contributed by atoms with Gasteiger partial charge in [0.05, 0.1) is 23.2 Å². The maximum Gasteiger partial charge on any atom is 0.573 e. The van der Waals surface area contributed by atoms with E-state index in [0.717, 1.165) is 22.4 Å². The molecular formula is C33H30BrF3N6O3S. The minimum absolute atomic E-state index is 0.129. The van der Waals surface area contributed by atoms with Gasteiger partial charge in [-0.15, -0.1) is 18.3 Å². The summed E-state index contributed by atoms with van der Waals surface area (Å²) < 4.78 is 43.5. The Morgan fingerprint density at radius 3 is 2.55 bits per heavy atom. The molecule has 2 heterocycles. The van der Waals surface area contributed by atoms with Crippen molar-refractivity contribution in [1.29, 1.82) is 0 Å². The molecule has 1 aliphatic heterocycles. The highest BCUT2D eigenvalue weighted by Crippen LogP contribution is 2.34. The van der Waals surface area contributed by atoms with E-state index in [9.17, 15) is 22.8 Å². The predicted molar refractivity (Wildman–Crippen MR) is 181 cm³/mol. The van der Waals surface area contributed by atoms with Crippen molar-refractivity contribution in [3.05, 3.63) is 94.2 Å². The molecule has 5 rings (SSSR count). The number of hydrogen-bond acceptors (Lipinski definition) is 6. The van der Waals surface area contributed by atoms with Crippen LogP contribution in [0.4, 0.5) is 23.7 Å². The predicted octanol–water partition coefficient (Wildman–Crippen LogP) is 8.23. The van der Waals surface area contributed by atoms with Gasteiger partial charge in [-0.05, 0) is 78.9 Å². The van der Waals surface area contributed by atoms with Crippen molar-refractivity contribution in [3.63, 3.8) is 0 Å². The van der Waals surface area contributed by atoms with Gasteiger partial charge in [0.15, 0.2) is 11.0 Å². The lowest BCUT2D eigenvalue weighted by Crippen LogP contribution is -2.34. The normalized spacial score (nSPS) is 15.4. The average molecular weight is 728 g/mol. The summed E-state index contributed by atoms with van der Waals surface area (Å²) >= 11 is 4.79. The van der Waals surface area contributed by atoms with Gasteiger partial charge in [-0.1, -0.05) is 71.9 Å². The molecule has 0 aliphatic carbocycles. The lowest BCUT2D eigenvalue weighted by atomic mass is 9.99. The SMILES string of the molecule is Cc1ccc(C(C)C)c(N2C(=O)CSC2=NC(=O)NC(C)C(Br)=Cc2cccc(-c3ncn(-c4ccc(OC(F)(F)F)cc4)n3)c2)c1. The molecule has 1 atom stereocenters. The minimum atomic E-state index is -4.77. The van der Waals surface area contributed by atoms with E-state index in [-0.39, 0.29) is 23.3 Å². The van der Waals surface area contributed by atoms with Crippen LogP contribution < -0.4 is 15.0 Å². The van der Waals surface area contributed by atoms with E-state index in [4.69, 9.17) is 0 Å². The number of ether oxygens (including phenoxy) is 1. The first-order chi connectivity index (χ1) is 22.3. The Bertz CT molecular complexity index is 1860. The Kier molecular flexibility index (Phi) is 10.2. The molecule has 3 amide bonds. The molecule has 1 aromatic heterocycles. The fraction of sp³-hybridized carbons (Fsp3) is 0.242. The molecule has 0 spiro atoms. The smallest absolute Gasteiger partial charge is 0.406 e. The number of aromatic nitrogens is 3. The second-order valence-electron chi connectivity index (χ2n) is 11.0. The molecule has 0 bridgehead atoms. The first-order valence-electron chi connectivity index (χ1n) is 14.5. The number of rotatable bonds is 8. The van der Waals surface area contributed by atoms with E-state index < -0.39 is 18.4 Å². The van der Waals surface area contributed by atoms with E-state index >= 15 is 0 Å². The second kappa shape index (κ2) is 14.1. The number of hydrogen-bond donors (Lipinski definition) is 1. The summed E-state index contributed by atoms with van der Waals surface area (Å²) in [5, 5.41) is 7.65. The molecule has 1 saturated heterocycles. The molecule has 1 unspecified atom stereocenters. The number of aliphatic imine (C=N–C) groups is 1. The zero-order valence-electron chi connectivity index (χ0n) is 25.7. The van der Waals surface area contributed by atoms with Crippen molar-refractivity contribution >= 4 is 56.6 Å². The average Bonchev–Trinajstić information content (AvgIpc) is 3.63. The topological polar surface area (TPSA) is 102 Å². The number of amides is 3. The number of nitrogens with one attached hydrogen (secondary N) is 1. The van der Waals surface area contributed by atoms with Crippen molar-refractivity contribution in [3.8, 4) is 22.8 Å². The largest absolute Gasteiger partial charge is 0.573 e. The Morgan fingerprint density at radius 2 is 1.85 bits per heavy atom. The van der Waals surface area contributed by atoms with Crippen LogP contribution in [0.2, 0.25) is 0 Å². The van der Waals surface area contributed by atoms with E-state index in [1.807, 2.05) is 55.5 Å². The van der Waals surface area contributed by atoms with Crippen molar-refractivity contribution < 1.29 is 27.5 Å².